The van der Waals surface area contributed by atoms with Crippen molar-refractivity contribution in [3.05, 3.63) is 70.9 Å². The number of benzene rings is 2. The van der Waals surface area contributed by atoms with Crippen LogP contribution in [0.4, 0.5) is 5.95 Å². The van der Waals surface area contributed by atoms with Crippen LogP contribution < -0.4 is 5.32 Å². The fourth-order valence-corrected chi connectivity index (χ4v) is 2.75. The number of carbonyl (C=O) groups is 2. The monoisotopic (exact) mass is 415 g/mol. The van der Waals surface area contributed by atoms with Gasteiger partial charge in [0, 0.05) is 24.2 Å². The van der Waals surface area contributed by atoms with E-state index in [2.05, 4.69) is 41.5 Å². The molecule has 29 heavy (non-hydrogen) atoms. The SMILES string of the molecule is CCc1ccc(CNc2ncc(-c3cccc(Cl)c3)n2C)cc1.O=C(O)C(=O)O. The number of aromatic nitrogens is 2. The van der Waals surface area contributed by atoms with Gasteiger partial charge in [0.15, 0.2) is 0 Å². The Labute approximate surface area is 173 Å². The number of aryl methyl sites for hydroxylation is 1. The van der Waals surface area contributed by atoms with Crippen molar-refractivity contribution in [1.29, 1.82) is 0 Å². The zero-order valence-electron chi connectivity index (χ0n) is 16.1. The van der Waals surface area contributed by atoms with Gasteiger partial charge >= 0.3 is 11.9 Å². The molecule has 0 atom stereocenters. The minimum atomic E-state index is -1.82. The molecule has 0 fully saturated rings. The first-order valence-electron chi connectivity index (χ1n) is 8.87. The number of hydrogen-bond acceptors (Lipinski definition) is 4. The first-order chi connectivity index (χ1) is 13.8. The van der Waals surface area contributed by atoms with Gasteiger partial charge in [-0.3, -0.25) is 0 Å². The molecule has 0 saturated carbocycles. The van der Waals surface area contributed by atoms with E-state index in [9.17, 15) is 0 Å². The van der Waals surface area contributed by atoms with E-state index in [0.29, 0.717) is 0 Å². The number of nitrogens with one attached hydrogen (secondary N) is 1. The van der Waals surface area contributed by atoms with Gasteiger partial charge in [-0.25, -0.2) is 14.6 Å². The quantitative estimate of drug-likeness (QED) is 0.542. The summed E-state index contributed by atoms with van der Waals surface area (Å²) in [7, 11) is 2.01. The predicted octanol–water partition coefficient (Wildman–Crippen LogP) is 4.07. The van der Waals surface area contributed by atoms with Gasteiger partial charge < -0.3 is 20.1 Å². The Morgan fingerprint density at radius 1 is 1.07 bits per heavy atom. The summed E-state index contributed by atoms with van der Waals surface area (Å²) in [6, 6.07) is 16.5. The highest BCUT2D eigenvalue weighted by Crippen LogP contribution is 2.24. The van der Waals surface area contributed by atoms with Crippen LogP contribution in [0.5, 0.6) is 0 Å². The van der Waals surface area contributed by atoms with Gasteiger partial charge in [0.2, 0.25) is 5.95 Å². The van der Waals surface area contributed by atoms with Gasteiger partial charge in [0.05, 0.1) is 11.9 Å². The molecule has 0 unspecified atom stereocenters. The van der Waals surface area contributed by atoms with Crippen molar-refractivity contribution in [3.63, 3.8) is 0 Å². The van der Waals surface area contributed by atoms with Crippen LogP contribution in [-0.4, -0.2) is 31.7 Å². The van der Waals surface area contributed by atoms with Crippen LogP contribution >= 0.6 is 11.6 Å². The molecule has 0 radical (unpaired) electrons. The molecule has 3 rings (SSSR count). The van der Waals surface area contributed by atoms with Crippen molar-refractivity contribution in [3.8, 4) is 11.3 Å². The normalized spacial score (nSPS) is 10.0. The largest absolute Gasteiger partial charge is 0.473 e. The average Bonchev–Trinajstić information content (AvgIpc) is 3.07. The maximum atomic E-state index is 9.10. The number of rotatable bonds is 5. The van der Waals surface area contributed by atoms with Crippen LogP contribution in [0.3, 0.4) is 0 Å². The van der Waals surface area contributed by atoms with Crippen LogP contribution in [0.2, 0.25) is 5.02 Å². The van der Waals surface area contributed by atoms with E-state index in [4.69, 9.17) is 31.4 Å². The second-order valence-electron chi connectivity index (χ2n) is 6.17. The standard InChI is InChI=1S/C19H20ClN3.C2H2O4/c1-3-14-7-9-15(10-8-14)12-21-19-22-13-18(23(19)2)16-5-4-6-17(20)11-16;3-1(4)2(5)6/h4-11,13H,3,12H2,1-2H3,(H,21,22);(H,3,4)(H,5,6). The maximum absolute atomic E-state index is 9.10. The minimum Gasteiger partial charge on any atom is -0.473 e. The van der Waals surface area contributed by atoms with Crippen LogP contribution in [0, 0.1) is 0 Å². The predicted molar refractivity (Wildman–Crippen MR) is 112 cm³/mol. The lowest BCUT2D eigenvalue weighted by Gasteiger charge is -2.09. The van der Waals surface area contributed by atoms with Crippen molar-refractivity contribution in [1.82, 2.24) is 9.55 Å². The van der Waals surface area contributed by atoms with Gasteiger partial charge in [-0.05, 0) is 29.7 Å². The summed E-state index contributed by atoms with van der Waals surface area (Å²) in [5, 5.41) is 18.9. The van der Waals surface area contributed by atoms with Crippen LogP contribution in [-0.2, 0) is 29.6 Å². The summed E-state index contributed by atoms with van der Waals surface area (Å²) in [6.45, 7) is 2.92. The van der Waals surface area contributed by atoms with Crippen LogP contribution in [0.1, 0.15) is 18.1 Å². The molecule has 0 aliphatic heterocycles. The van der Waals surface area contributed by atoms with Crippen molar-refractivity contribution >= 4 is 29.5 Å². The number of anilines is 1. The highest BCUT2D eigenvalue weighted by molar-refractivity contribution is 6.30. The van der Waals surface area contributed by atoms with Crippen LogP contribution in [0.15, 0.2) is 54.7 Å². The summed E-state index contributed by atoms with van der Waals surface area (Å²) < 4.78 is 2.05. The molecule has 3 N–H and O–H groups in total. The molecule has 2 aromatic carbocycles. The van der Waals surface area contributed by atoms with Gasteiger partial charge in [-0.1, -0.05) is 54.9 Å². The Bertz CT molecular complexity index is 972. The maximum Gasteiger partial charge on any atom is 0.414 e. The molecular weight excluding hydrogens is 394 g/mol. The molecule has 0 aliphatic rings. The topological polar surface area (TPSA) is 104 Å². The third-order valence-corrected chi connectivity index (χ3v) is 4.41. The number of aliphatic carboxylic acids is 2. The van der Waals surface area contributed by atoms with Gasteiger partial charge in [0.25, 0.3) is 0 Å². The number of imidazole rings is 1. The summed E-state index contributed by atoms with van der Waals surface area (Å²) in [5.74, 6) is -2.80. The molecule has 0 saturated heterocycles. The minimum absolute atomic E-state index is 0.731. The molecule has 0 aliphatic carbocycles. The fraction of sp³-hybridized carbons (Fsp3) is 0.190. The van der Waals surface area contributed by atoms with E-state index in [0.717, 1.165) is 35.2 Å². The number of halogens is 1. The molecule has 0 spiro atoms. The second kappa shape index (κ2) is 10.3. The number of carboxylic acids is 2. The number of nitrogens with zero attached hydrogens (tertiary/aromatic N) is 2. The van der Waals surface area contributed by atoms with E-state index in [-0.39, 0.29) is 0 Å². The highest BCUT2D eigenvalue weighted by Gasteiger charge is 2.08. The van der Waals surface area contributed by atoms with Crippen molar-refractivity contribution in [2.24, 2.45) is 7.05 Å². The van der Waals surface area contributed by atoms with Crippen molar-refractivity contribution in [2.75, 3.05) is 5.32 Å². The van der Waals surface area contributed by atoms with Crippen molar-refractivity contribution in [2.45, 2.75) is 19.9 Å². The van der Waals surface area contributed by atoms with E-state index < -0.39 is 11.9 Å². The van der Waals surface area contributed by atoms with Gasteiger partial charge in [-0.15, -0.1) is 0 Å². The molecule has 7 nitrogen and oxygen atoms in total. The van der Waals surface area contributed by atoms with Gasteiger partial charge in [0.1, 0.15) is 0 Å². The summed E-state index contributed by atoms with van der Waals surface area (Å²) in [5.41, 5.74) is 4.70. The van der Waals surface area contributed by atoms with Gasteiger partial charge in [-0.2, -0.15) is 0 Å². The lowest BCUT2D eigenvalue weighted by molar-refractivity contribution is -0.159. The average molecular weight is 416 g/mol. The van der Waals surface area contributed by atoms with E-state index in [1.165, 1.54) is 11.1 Å². The lowest BCUT2D eigenvalue weighted by Crippen LogP contribution is -2.09. The Morgan fingerprint density at radius 2 is 1.69 bits per heavy atom. The Balaban J connectivity index is 0.000000438. The van der Waals surface area contributed by atoms with E-state index in [1.807, 2.05) is 42.1 Å². The summed E-state index contributed by atoms with van der Waals surface area (Å²) in [6.07, 6.45) is 2.93. The Morgan fingerprint density at radius 3 is 2.24 bits per heavy atom. The molecule has 8 heteroatoms. The second-order valence-corrected chi connectivity index (χ2v) is 6.61. The summed E-state index contributed by atoms with van der Waals surface area (Å²) >= 11 is 6.07. The molecule has 152 valence electrons. The zero-order chi connectivity index (χ0) is 21.4. The number of hydrogen-bond donors (Lipinski definition) is 3. The molecule has 3 aromatic rings. The number of carboxylic acid groups (broad SMARTS) is 2. The van der Waals surface area contributed by atoms with Crippen molar-refractivity contribution < 1.29 is 19.8 Å². The first kappa shape index (κ1) is 22.0. The smallest absolute Gasteiger partial charge is 0.414 e. The molecule has 0 bridgehead atoms. The van der Waals surface area contributed by atoms with Crippen LogP contribution in [0.25, 0.3) is 11.3 Å². The molecule has 1 heterocycles. The van der Waals surface area contributed by atoms with E-state index >= 15 is 0 Å². The third kappa shape index (κ3) is 6.36. The Hall–Kier alpha value is -3.32. The fourth-order valence-electron chi connectivity index (χ4n) is 2.56. The molecular formula is C21H22ClN3O4. The first-order valence-corrected chi connectivity index (χ1v) is 9.25. The Kier molecular flexibility index (Phi) is 7.79. The molecule has 0 amide bonds. The zero-order valence-corrected chi connectivity index (χ0v) is 16.8. The molecule has 1 aromatic heterocycles. The third-order valence-electron chi connectivity index (χ3n) is 4.17. The lowest BCUT2D eigenvalue weighted by atomic mass is 10.1. The van der Waals surface area contributed by atoms with E-state index in [1.54, 1.807) is 0 Å². The highest BCUT2D eigenvalue weighted by atomic mass is 35.5. The summed E-state index contributed by atoms with van der Waals surface area (Å²) in [4.78, 5) is 22.7.